The number of sulfonamides is 1. The predicted molar refractivity (Wildman–Crippen MR) is 87.4 cm³/mol. The zero-order valence-electron chi connectivity index (χ0n) is 14.2. The quantitative estimate of drug-likeness (QED) is 0.862. The van der Waals surface area contributed by atoms with Crippen molar-refractivity contribution in [2.24, 2.45) is 5.92 Å². The van der Waals surface area contributed by atoms with Crippen molar-refractivity contribution in [1.29, 1.82) is 0 Å². The lowest BCUT2D eigenvalue weighted by molar-refractivity contribution is -0.165. The molecule has 1 aliphatic carbocycles. The maximum atomic E-state index is 13.5. The zero-order valence-corrected chi connectivity index (χ0v) is 15.0. The number of halogens is 3. The molecule has 1 aliphatic rings. The highest BCUT2D eigenvalue weighted by Crippen LogP contribution is 2.36. The monoisotopic (exact) mass is 363 g/mol. The average molecular weight is 363 g/mol. The van der Waals surface area contributed by atoms with Crippen molar-refractivity contribution in [2.75, 3.05) is 0 Å². The summed E-state index contributed by atoms with van der Waals surface area (Å²) in [5, 5.41) is 0. The summed E-state index contributed by atoms with van der Waals surface area (Å²) in [6.07, 6.45) is -1.47. The van der Waals surface area contributed by atoms with E-state index in [-0.39, 0.29) is 4.90 Å². The molecule has 0 heterocycles. The number of alkyl halides is 3. The molecule has 24 heavy (non-hydrogen) atoms. The third kappa shape index (κ3) is 4.30. The maximum Gasteiger partial charge on any atom is 0.405 e. The molecular formula is C17H24F3NO2S. The lowest BCUT2D eigenvalue weighted by Gasteiger charge is -2.32. The molecule has 0 bridgehead atoms. The van der Waals surface area contributed by atoms with Crippen LogP contribution in [0.15, 0.2) is 17.0 Å². The molecule has 0 saturated heterocycles. The summed E-state index contributed by atoms with van der Waals surface area (Å²) in [6, 6.07) is 1.32. The summed E-state index contributed by atoms with van der Waals surface area (Å²) >= 11 is 0. The smallest absolute Gasteiger partial charge is 0.207 e. The van der Waals surface area contributed by atoms with Gasteiger partial charge in [-0.2, -0.15) is 17.9 Å². The minimum absolute atomic E-state index is 0.0434. The lowest BCUT2D eigenvalue weighted by Crippen LogP contribution is -2.50. The van der Waals surface area contributed by atoms with Crippen LogP contribution in [0.4, 0.5) is 13.2 Å². The van der Waals surface area contributed by atoms with Crippen LogP contribution in [0.1, 0.15) is 48.8 Å². The third-order valence-corrected chi connectivity index (χ3v) is 6.38. The van der Waals surface area contributed by atoms with Gasteiger partial charge in [0.1, 0.15) is 6.04 Å². The molecule has 0 spiro atoms. The van der Waals surface area contributed by atoms with Gasteiger partial charge >= 0.3 is 6.18 Å². The van der Waals surface area contributed by atoms with E-state index in [1.165, 1.54) is 0 Å². The second kappa shape index (κ2) is 7.04. The topological polar surface area (TPSA) is 46.2 Å². The van der Waals surface area contributed by atoms with Crippen LogP contribution in [-0.4, -0.2) is 20.6 Å². The number of hydrogen-bond acceptors (Lipinski definition) is 2. The van der Waals surface area contributed by atoms with E-state index in [0.29, 0.717) is 36.8 Å². The first-order valence-corrected chi connectivity index (χ1v) is 9.67. The first-order valence-electron chi connectivity index (χ1n) is 8.19. The zero-order chi connectivity index (χ0) is 18.1. The van der Waals surface area contributed by atoms with E-state index in [1.54, 1.807) is 26.0 Å². The van der Waals surface area contributed by atoms with Gasteiger partial charge in [0, 0.05) is 0 Å². The van der Waals surface area contributed by atoms with Crippen molar-refractivity contribution in [3.8, 4) is 0 Å². The van der Waals surface area contributed by atoms with Crippen LogP contribution in [0.25, 0.3) is 0 Å². The van der Waals surface area contributed by atoms with Gasteiger partial charge in [-0.05, 0) is 50.7 Å². The molecule has 0 aliphatic heterocycles. The van der Waals surface area contributed by atoms with Crippen LogP contribution in [0.5, 0.6) is 0 Å². The van der Waals surface area contributed by atoms with Crippen LogP contribution in [0.2, 0.25) is 0 Å². The fourth-order valence-corrected chi connectivity index (χ4v) is 5.46. The molecule has 1 atom stereocenters. The summed E-state index contributed by atoms with van der Waals surface area (Å²) in [5.74, 6) is -0.695. The standard InChI is InChI=1S/C17H24F3NO2S/c1-11-9-12(2)15(13(3)10-11)24(22,23)21-16(17(18,19)20)14-7-5-4-6-8-14/h9-10,14,16,21H,4-8H2,1-3H3. The van der Waals surface area contributed by atoms with Gasteiger partial charge in [0.2, 0.25) is 10.0 Å². The highest BCUT2D eigenvalue weighted by Gasteiger charge is 2.47. The highest BCUT2D eigenvalue weighted by atomic mass is 32.2. The summed E-state index contributed by atoms with van der Waals surface area (Å²) in [6.45, 7) is 5.04. The van der Waals surface area contributed by atoms with Gasteiger partial charge in [0.25, 0.3) is 0 Å². The van der Waals surface area contributed by atoms with Gasteiger partial charge in [-0.3, -0.25) is 0 Å². The molecule has 0 radical (unpaired) electrons. The molecule has 1 N–H and O–H groups in total. The van der Waals surface area contributed by atoms with Gasteiger partial charge in [-0.1, -0.05) is 37.0 Å². The fraction of sp³-hybridized carbons (Fsp3) is 0.647. The molecule has 7 heteroatoms. The fourth-order valence-electron chi connectivity index (χ4n) is 3.71. The minimum atomic E-state index is -4.60. The summed E-state index contributed by atoms with van der Waals surface area (Å²) in [5.41, 5.74) is 1.80. The Labute approximate surface area is 141 Å². The molecule has 1 aromatic carbocycles. The Morgan fingerprint density at radius 1 is 1.04 bits per heavy atom. The molecule has 1 unspecified atom stereocenters. The summed E-state index contributed by atoms with van der Waals surface area (Å²) in [4.78, 5) is -0.0434. The van der Waals surface area contributed by atoms with Crippen LogP contribution < -0.4 is 4.72 Å². The third-order valence-electron chi connectivity index (χ3n) is 4.63. The number of benzene rings is 1. The second-order valence-electron chi connectivity index (χ2n) is 6.77. The van der Waals surface area contributed by atoms with E-state index in [4.69, 9.17) is 0 Å². The number of aryl methyl sites for hydroxylation is 3. The normalized spacial score (nSPS) is 18.6. The number of rotatable bonds is 4. The second-order valence-corrected chi connectivity index (χ2v) is 8.42. The Kier molecular flexibility index (Phi) is 5.64. The van der Waals surface area contributed by atoms with E-state index in [2.05, 4.69) is 0 Å². The summed E-state index contributed by atoms with van der Waals surface area (Å²) < 4.78 is 67.8. The number of hydrogen-bond donors (Lipinski definition) is 1. The van der Waals surface area contributed by atoms with E-state index in [0.717, 1.165) is 12.0 Å². The molecule has 1 saturated carbocycles. The molecule has 0 amide bonds. The first kappa shape index (κ1) is 19.2. The van der Waals surface area contributed by atoms with Crippen molar-refractivity contribution in [3.05, 3.63) is 28.8 Å². The summed E-state index contributed by atoms with van der Waals surface area (Å²) in [7, 11) is -4.24. The van der Waals surface area contributed by atoms with Gasteiger partial charge in [0.15, 0.2) is 0 Å². The molecule has 1 fully saturated rings. The molecule has 136 valence electrons. The van der Waals surface area contributed by atoms with Gasteiger partial charge in [0.05, 0.1) is 4.90 Å². The predicted octanol–water partition coefficient (Wildman–Crippen LogP) is 4.40. The van der Waals surface area contributed by atoms with Crippen LogP contribution >= 0.6 is 0 Å². The largest absolute Gasteiger partial charge is 0.405 e. The first-order chi connectivity index (χ1) is 11.0. The molecule has 1 aromatic rings. The average Bonchev–Trinajstić information content (AvgIpc) is 2.43. The minimum Gasteiger partial charge on any atom is -0.207 e. The molecule has 0 aromatic heterocycles. The van der Waals surface area contributed by atoms with Crippen molar-refractivity contribution in [2.45, 2.75) is 70.0 Å². The van der Waals surface area contributed by atoms with Crippen molar-refractivity contribution in [3.63, 3.8) is 0 Å². The number of nitrogens with one attached hydrogen (secondary N) is 1. The van der Waals surface area contributed by atoms with Gasteiger partial charge in [-0.25, -0.2) is 8.42 Å². The van der Waals surface area contributed by atoms with E-state index in [1.807, 2.05) is 11.6 Å². The Morgan fingerprint density at radius 3 is 2.00 bits per heavy atom. The van der Waals surface area contributed by atoms with Crippen molar-refractivity contribution >= 4 is 10.0 Å². The Balaban J connectivity index is 2.37. The highest BCUT2D eigenvalue weighted by molar-refractivity contribution is 7.89. The maximum absolute atomic E-state index is 13.5. The molecular weight excluding hydrogens is 339 g/mol. The molecule has 3 nitrogen and oxygen atoms in total. The SMILES string of the molecule is Cc1cc(C)c(S(=O)(=O)NC(C2CCCCC2)C(F)(F)F)c(C)c1. The van der Waals surface area contributed by atoms with Gasteiger partial charge in [-0.15, -0.1) is 0 Å². The van der Waals surface area contributed by atoms with Crippen molar-refractivity contribution < 1.29 is 21.6 Å². The lowest BCUT2D eigenvalue weighted by atomic mass is 9.84. The van der Waals surface area contributed by atoms with E-state index < -0.39 is 28.2 Å². The van der Waals surface area contributed by atoms with E-state index >= 15 is 0 Å². The van der Waals surface area contributed by atoms with Crippen LogP contribution in [0, 0.1) is 26.7 Å². The van der Waals surface area contributed by atoms with Crippen molar-refractivity contribution in [1.82, 2.24) is 4.72 Å². The van der Waals surface area contributed by atoms with Crippen LogP contribution in [0.3, 0.4) is 0 Å². The van der Waals surface area contributed by atoms with Crippen LogP contribution in [-0.2, 0) is 10.0 Å². The van der Waals surface area contributed by atoms with E-state index in [9.17, 15) is 21.6 Å². The molecule has 2 rings (SSSR count). The Bertz CT molecular complexity index is 669. The Hall–Kier alpha value is -1.08. The Morgan fingerprint density at radius 2 is 1.54 bits per heavy atom. The van der Waals surface area contributed by atoms with Gasteiger partial charge < -0.3 is 0 Å².